The number of carbonyl (C=O) groups excluding carboxylic acids is 2. The summed E-state index contributed by atoms with van der Waals surface area (Å²) in [5.41, 5.74) is 1.28. The van der Waals surface area contributed by atoms with Crippen LogP contribution in [0.5, 0.6) is 0 Å². The molecule has 0 fully saturated rings. The van der Waals surface area contributed by atoms with Gasteiger partial charge in [0.1, 0.15) is 11.4 Å². The molecule has 0 spiro atoms. The van der Waals surface area contributed by atoms with Crippen molar-refractivity contribution < 1.29 is 9.59 Å². The van der Waals surface area contributed by atoms with Crippen LogP contribution in [0.4, 0.5) is 5.82 Å². The third-order valence-corrected chi connectivity index (χ3v) is 4.50. The van der Waals surface area contributed by atoms with Crippen LogP contribution in [-0.2, 0) is 9.59 Å². The van der Waals surface area contributed by atoms with Gasteiger partial charge in [-0.25, -0.2) is 14.9 Å². The van der Waals surface area contributed by atoms with Gasteiger partial charge in [0.25, 0.3) is 11.8 Å². The number of rotatable bonds is 2. The van der Waals surface area contributed by atoms with Crippen LogP contribution in [0.2, 0.25) is 5.02 Å². The molecule has 0 unspecified atom stereocenters. The van der Waals surface area contributed by atoms with Crippen LogP contribution in [0.15, 0.2) is 59.9 Å². The molecule has 3 aromatic rings. The first-order chi connectivity index (χ1) is 12.1. The van der Waals surface area contributed by atoms with Gasteiger partial charge in [-0.05, 0) is 29.8 Å². The van der Waals surface area contributed by atoms with Crippen molar-refractivity contribution in [1.29, 1.82) is 0 Å². The highest BCUT2D eigenvalue weighted by molar-refractivity contribution is 6.60. The summed E-state index contributed by atoms with van der Waals surface area (Å²) in [5, 5.41) is 0.972. The molecule has 5 nitrogen and oxygen atoms in total. The fraction of sp³-hybridized carbons (Fsp3) is 0. The number of hydrogen-bond donors (Lipinski definition) is 0. The average molecular weight is 370 g/mol. The Bertz CT molecular complexity index is 1060. The van der Waals surface area contributed by atoms with Crippen molar-refractivity contribution in [2.75, 3.05) is 4.90 Å². The van der Waals surface area contributed by atoms with Crippen molar-refractivity contribution in [3.63, 3.8) is 0 Å². The van der Waals surface area contributed by atoms with E-state index in [-0.39, 0.29) is 16.4 Å². The summed E-state index contributed by atoms with van der Waals surface area (Å²) >= 11 is 12.1. The number of halogens is 2. The van der Waals surface area contributed by atoms with Gasteiger partial charge in [-0.2, -0.15) is 0 Å². The number of nitrogens with zero attached hydrogens (tertiary/aromatic N) is 3. The monoisotopic (exact) mass is 369 g/mol. The second-order valence-corrected chi connectivity index (χ2v) is 6.17. The van der Waals surface area contributed by atoms with Crippen molar-refractivity contribution in [2.45, 2.75) is 0 Å². The second-order valence-electron chi connectivity index (χ2n) is 5.36. The van der Waals surface area contributed by atoms with Gasteiger partial charge in [-0.15, -0.1) is 0 Å². The van der Waals surface area contributed by atoms with E-state index in [9.17, 15) is 9.59 Å². The molecule has 0 aliphatic carbocycles. The quantitative estimate of drug-likeness (QED) is 0.644. The van der Waals surface area contributed by atoms with Crippen LogP contribution >= 0.6 is 23.2 Å². The Labute approximate surface area is 152 Å². The first-order valence-electron chi connectivity index (χ1n) is 7.32. The Morgan fingerprint density at radius 2 is 1.56 bits per heavy atom. The Morgan fingerprint density at radius 1 is 0.840 bits per heavy atom. The molecule has 1 aliphatic heterocycles. The van der Waals surface area contributed by atoms with E-state index in [1.807, 2.05) is 6.07 Å². The van der Waals surface area contributed by atoms with Gasteiger partial charge in [-0.3, -0.25) is 9.59 Å². The van der Waals surface area contributed by atoms with Gasteiger partial charge in [0.05, 0.1) is 11.1 Å². The fourth-order valence-corrected chi connectivity index (χ4v) is 3.13. The number of imide groups is 1. The third-order valence-electron chi connectivity index (χ3n) is 3.89. The molecule has 2 heterocycles. The Morgan fingerprint density at radius 3 is 2.32 bits per heavy atom. The zero-order chi connectivity index (χ0) is 17.6. The van der Waals surface area contributed by atoms with Crippen molar-refractivity contribution in [3.05, 3.63) is 70.5 Å². The number of carbonyl (C=O) groups is 2. The number of anilines is 1. The largest absolute Gasteiger partial charge is 0.278 e. The highest BCUT2D eigenvalue weighted by Gasteiger charge is 2.40. The maximum absolute atomic E-state index is 12.9. The SMILES string of the molecule is O=C1C(Cl)=C(c2ccc(Cl)cc2)C(=O)N1c1ncnc2ccccc12. The van der Waals surface area contributed by atoms with Crippen molar-refractivity contribution in [1.82, 2.24) is 9.97 Å². The molecule has 0 N–H and O–H groups in total. The number of benzene rings is 2. The lowest BCUT2D eigenvalue weighted by Crippen LogP contribution is -2.32. The molecule has 7 heteroatoms. The lowest BCUT2D eigenvalue weighted by Gasteiger charge is -2.15. The molecule has 2 aromatic carbocycles. The minimum absolute atomic E-state index is 0.131. The van der Waals surface area contributed by atoms with Gasteiger partial charge >= 0.3 is 0 Å². The predicted octanol–water partition coefficient (Wildman–Crippen LogP) is 3.81. The Kier molecular flexibility index (Phi) is 3.75. The van der Waals surface area contributed by atoms with Gasteiger partial charge in [0.15, 0.2) is 5.82 Å². The molecule has 4 rings (SSSR count). The van der Waals surface area contributed by atoms with E-state index in [4.69, 9.17) is 23.2 Å². The van der Waals surface area contributed by atoms with E-state index >= 15 is 0 Å². The molecule has 0 bridgehead atoms. The molecular formula is C18H9Cl2N3O2. The normalized spacial score (nSPS) is 14.7. The topological polar surface area (TPSA) is 63.2 Å². The number of hydrogen-bond acceptors (Lipinski definition) is 4. The average Bonchev–Trinajstić information content (AvgIpc) is 2.85. The van der Waals surface area contributed by atoms with Crippen molar-refractivity contribution in [2.24, 2.45) is 0 Å². The van der Waals surface area contributed by atoms with Crippen LogP contribution in [0.1, 0.15) is 5.56 Å². The summed E-state index contributed by atoms with van der Waals surface area (Å²) in [6.07, 6.45) is 1.31. The molecule has 0 saturated heterocycles. The van der Waals surface area contributed by atoms with Gasteiger partial charge in [0, 0.05) is 10.4 Å². The summed E-state index contributed by atoms with van der Waals surface area (Å²) in [6, 6.07) is 13.7. The third kappa shape index (κ3) is 2.49. The van der Waals surface area contributed by atoms with E-state index in [1.165, 1.54) is 6.33 Å². The lowest BCUT2D eigenvalue weighted by molar-refractivity contribution is -0.119. The van der Waals surface area contributed by atoms with E-state index in [1.54, 1.807) is 42.5 Å². The maximum atomic E-state index is 12.9. The summed E-state index contributed by atoms with van der Waals surface area (Å²) in [4.78, 5) is 34.8. The number of fused-ring (bicyclic) bond motifs is 1. The zero-order valence-corrected chi connectivity index (χ0v) is 14.1. The Balaban J connectivity index is 1.85. The summed E-state index contributed by atoms with van der Waals surface area (Å²) in [5.74, 6) is -0.927. The van der Waals surface area contributed by atoms with Crippen LogP contribution in [-0.4, -0.2) is 21.8 Å². The minimum Gasteiger partial charge on any atom is -0.268 e. The Hall–Kier alpha value is -2.76. The summed E-state index contributed by atoms with van der Waals surface area (Å²) < 4.78 is 0. The summed E-state index contributed by atoms with van der Waals surface area (Å²) in [7, 11) is 0. The number of amides is 2. The molecule has 2 amide bonds. The number of para-hydroxylation sites is 1. The standard InChI is InChI=1S/C18H9Cl2N3O2/c19-11-7-5-10(6-8-11)14-15(20)18(25)23(17(14)24)16-12-3-1-2-4-13(12)21-9-22-16/h1-9H. The van der Waals surface area contributed by atoms with Gasteiger partial charge < -0.3 is 0 Å². The number of aromatic nitrogens is 2. The molecule has 1 aromatic heterocycles. The van der Waals surface area contributed by atoms with E-state index < -0.39 is 11.8 Å². The maximum Gasteiger partial charge on any atom is 0.278 e. The molecule has 25 heavy (non-hydrogen) atoms. The molecule has 1 aliphatic rings. The highest BCUT2D eigenvalue weighted by Crippen LogP contribution is 2.36. The summed E-state index contributed by atoms with van der Waals surface area (Å²) in [6.45, 7) is 0. The van der Waals surface area contributed by atoms with Crippen LogP contribution in [0, 0.1) is 0 Å². The van der Waals surface area contributed by atoms with Gasteiger partial charge in [-0.1, -0.05) is 47.5 Å². The van der Waals surface area contributed by atoms with Crippen LogP contribution in [0.25, 0.3) is 16.5 Å². The van der Waals surface area contributed by atoms with Crippen LogP contribution in [0.3, 0.4) is 0 Å². The second kappa shape index (κ2) is 5.95. The first kappa shape index (κ1) is 15.7. The predicted molar refractivity (Wildman–Crippen MR) is 96.3 cm³/mol. The first-order valence-corrected chi connectivity index (χ1v) is 8.08. The lowest BCUT2D eigenvalue weighted by atomic mass is 10.1. The van der Waals surface area contributed by atoms with Crippen LogP contribution < -0.4 is 4.90 Å². The fourth-order valence-electron chi connectivity index (χ4n) is 2.73. The molecule has 0 saturated carbocycles. The smallest absolute Gasteiger partial charge is 0.268 e. The van der Waals surface area contributed by atoms with Gasteiger partial charge in [0.2, 0.25) is 0 Å². The minimum atomic E-state index is -0.611. The van der Waals surface area contributed by atoms with Crippen molar-refractivity contribution in [3.8, 4) is 0 Å². The van der Waals surface area contributed by atoms with E-state index in [2.05, 4.69) is 9.97 Å². The van der Waals surface area contributed by atoms with Crippen molar-refractivity contribution >= 4 is 57.3 Å². The molecule has 0 atom stereocenters. The highest BCUT2D eigenvalue weighted by atomic mass is 35.5. The molecular weight excluding hydrogens is 361 g/mol. The zero-order valence-electron chi connectivity index (χ0n) is 12.6. The molecule has 122 valence electrons. The van der Waals surface area contributed by atoms with E-state index in [0.29, 0.717) is 21.5 Å². The van der Waals surface area contributed by atoms with E-state index in [0.717, 1.165) is 4.90 Å². The molecule has 0 radical (unpaired) electrons.